The maximum Gasteiger partial charge on any atom is 0.224 e. The third-order valence-electron chi connectivity index (χ3n) is 5.05. The summed E-state index contributed by atoms with van der Waals surface area (Å²) in [5, 5.41) is 15.5. The van der Waals surface area contributed by atoms with Crippen LogP contribution in [0.5, 0.6) is 0 Å². The Hall–Kier alpha value is -2.96. The standard InChI is InChI=1S/C20H24N6O/c27-20(21-12-4-8-16-6-2-1-3-7-16)17-9-5-13-25(14-17)19-11-10-18-23-22-15-26(18)24-19/h1-3,6-7,10-11,15,17H,4-5,8-9,12-14H2,(H,21,27). The number of piperidine rings is 1. The minimum absolute atomic E-state index is 0.00823. The van der Waals surface area contributed by atoms with Crippen LogP contribution < -0.4 is 10.2 Å². The summed E-state index contributed by atoms with van der Waals surface area (Å²) in [6.45, 7) is 2.33. The van der Waals surface area contributed by atoms with E-state index in [4.69, 9.17) is 0 Å². The summed E-state index contributed by atoms with van der Waals surface area (Å²) in [6.07, 6.45) is 5.46. The minimum Gasteiger partial charge on any atom is -0.356 e. The molecule has 1 fully saturated rings. The van der Waals surface area contributed by atoms with Gasteiger partial charge in [0.25, 0.3) is 0 Å². The van der Waals surface area contributed by atoms with Gasteiger partial charge in [0.15, 0.2) is 5.65 Å². The van der Waals surface area contributed by atoms with E-state index in [1.807, 2.05) is 18.2 Å². The van der Waals surface area contributed by atoms with Crippen LogP contribution in [-0.4, -0.2) is 45.4 Å². The number of aryl methyl sites for hydroxylation is 1. The summed E-state index contributed by atoms with van der Waals surface area (Å²) < 4.78 is 1.67. The minimum atomic E-state index is 0.00823. The largest absolute Gasteiger partial charge is 0.356 e. The van der Waals surface area contributed by atoms with E-state index < -0.39 is 0 Å². The highest BCUT2D eigenvalue weighted by molar-refractivity contribution is 5.79. The first kappa shape index (κ1) is 17.5. The van der Waals surface area contributed by atoms with Gasteiger partial charge in [-0.2, -0.15) is 4.52 Å². The monoisotopic (exact) mass is 364 g/mol. The van der Waals surface area contributed by atoms with Crippen LogP contribution in [0.3, 0.4) is 0 Å². The Kier molecular flexibility index (Phi) is 5.27. The van der Waals surface area contributed by atoms with Gasteiger partial charge in [0, 0.05) is 19.6 Å². The molecule has 0 aliphatic carbocycles. The molecule has 140 valence electrons. The van der Waals surface area contributed by atoms with E-state index in [1.165, 1.54) is 5.56 Å². The quantitative estimate of drug-likeness (QED) is 0.678. The Labute approximate surface area is 158 Å². The summed E-state index contributed by atoms with van der Waals surface area (Å²) in [6, 6.07) is 14.2. The van der Waals surface area contributed by atoms with Gasteiger partial charge in [-0.3, -0.25) is 4.79 Å². The first-order valence-corrected chi connectivity index (χ1v) is 9.53. The zero-order valence-corrected chi connectivity index (χ0v) is 15.3. The highest BCUT2D eigenvalue weighted by atomic mass is 16.1. The molecule has 0 bridgehead atoms. The Morgan fingerprint density at radius 3 is 2.96 bits per heavy atom. The highest BCUT2D eigenvalue weighted by Crippen LogP contribution is 2.22. The van der Waals surface area contributed by atoms with Crippen LogP contribution in [-0.2, 0) is 11.2 Å². The average Bonchev–Trinajstić information content (AvgIpc) is 3.20. The van der Waals surface area contributed by atoms with Gasteiger partial charge in [-0.25, -0.2) is 0 Å². The molecule has 1 N–H and O–H groups in total. The second kappa shape index (κ2) is 8.16. The van der Waals surface area contributed by atoms with E-state index >= 15 is 0 Å². The Bertz CT molecular complexity index is 894. The molecular weight excluding hydrogens is 340 g/mol. The lowest BCUT2D eigenvalue weighted by molar-refractivity contribution is -0.125. The second-order valence-corrected chi connectivity index (χ2v) is 6.99. The van der Waals surface area contributed by atoms with Gasteiger partial charge in [-0.1, -0.05) is 30.3 Å². The van der Waals surface area contributed by atoms with Gasteiger partial charge >= 0.3 is 0 Å². The molecule has 0 radical (unpaired) electrons. The molecule has 0 saturated carbocycles. The van der Waals surface area contributed by atoms with E-state index in [9.17, 15) is 4.79 Å². The van der Waals surface area contributed by atoms with Crippen molar-refractivity contribution in [2.45, 2.75) is 25.7 Å². The molecule has 2 aromatic heterocycles. The van der Waals surface area contributed by atoms with Gasteiger partial charge in [0.05, 0.1) is 5.92 Å². The van der Waals surface area contributed by atoms with Gasteiger partial charge in [0.2, 0.25) is 5.91 Å². The van der Waals surface area contributed by atoms with Gasteiger partial charge < -0.3 is 10.2 Å². The van der Waals surface area contributed by atoms with Crippen LogP contribution >= 0.6 is 0 Å². The van der Waals surface area contributed by atoms with Crippen molar-refractivity contribution < 1.29 is 4.79 Å². The van der Waals surface area contributed by atoms with Crippen LogP contribution in [0.25, 0.3) is 5.65 Å². The van der Waals surface area contributed by atoms with Crippen molar-refractivity contribution in [1.29, 1.82) is 0 Å². The van der Waals surface area contributed by atoms with Crippen molar-refractivity contribution in [2.75, 3.05) is 24.5 Å². The van der Waals surface area contributed by atoms with E-state index in [-0.39, 0.29) is 11.8 Å². The lowest BCUT2D eigenvalue weighted by Gasteiger charge is -2.32. The van der Waals surface area contributed by atoms with E-state index in [1.54, 1.807) is 10.8 Å². The average molecular weight is 364 g/mol. The normalized spacial score (nSPS) is 17.2. The number of rotatable bonds is 6. The molecule has 1 amide bonds. The molecule has 7 nitrogen and oxygen atoms in total. The van der Waals surface area contributed by atoms with Crippen molar-refractivity contribution in [3.05, 3.63) is 54.4 Å². The van der Waals surface area contributed by atoms with Crippen molar-refractivity contribution in [1.82, 2.24) is 25.1 Å². The molecule has 1 saturated heterocycles. The lowest BCUT2D eigenvalue weighted by atomic mass is 9.97. The van der Waals surface area contributed by atoms with Crippen LogP contribution in [0, 0.1) is 5.92 Å². The third-order valence-corrected chi connectivity index (χ3v) is 5.05. The molecule has 27 heavy (non-hydrogen) atoms. The summed E-state index contributed by atoms with van der Waals surface area (Å²) in [7, 11) is 0. The van der Waals surface area contributed by atoms with Crippen molar-refractivity contribution in [2.24, 2.45) is 5.92 Å². The smallest absolute Gasteiger partial charge is 0.224 e. The number of fused-ring (bicyclic) bond motifs is 1. The molecule has 1 aromatic carbocycles. The molecule has 1 aliphatic rings. The first-order chi connectivity index (χ1) is 13.3. The first-order valence-electron chi connectivity index (χ1n) is 9.53. The molecule has 1 unspecified atom stereocenters. The highest BCUT2D eigenvalue weighted by Gasteiger charge is 2.26. The number of anilines is 1. The zero-order chi connectivity index (χ0) is 18.5. The number of hydrogen-bond acceptors (Lipinski definition) is 5. The number of hydrogen-bond donors (Lipinski definition) is 1. The van der Waals surface area contributed by atoms with Crippen LogP contribution in [0.2, 0.25) is 0 Å². The summed E-state index contributed by atoms with van der Waals surface area (Å²) in [5.74, 6) is 1.02. The zero-order valence-electron chi connectivity index (χ0n) is 15.3. The van der Waals surface area contributed by atoms with Crippen molar-refractivity contribution in [3.63, 3.8) is 0 Å². The van der Waals surface area contributed by atoms with E-state index in [0.717, 1.165) is 50.2 Å². The fourth-order valence-electron chi connectivity index (χ4n) is 3.58. The number of carbonyl (C=O) groups excluding carboxylic acids is 1. The van der Waals surface area contributed by atoms with E-state index in [2.05, 4.69) is 49.8 Å². The summed E-state index contributed by atoms with van der Waals surface area (Å²) in [4.78, 5) is 14.8. The number of nitrogens with one attached hydrogen (secondary N) is 1. The predicted octanol–water partition coefficient (Wildman–Crippen LogP) is 2.09. The van der Waals surface area contributed by atoms with Crippen molar-refractivity contribution in [3.8, 4) is 0 Å². The number of carbonyl (C=O) groups is 1. The number of amides is 1. The topological polar surface area (TPSA) is 75.4 Å². The maximum absolute atomic E-state index is 12.6. The maximum atomic E-state index is 12.6. The molecule has 1 atom stereocenters. The van der Waals surface area contributed by atoms with Crippen LogP contribution in [0.1, 0.15) is 24.8 Å². The van der Waals surface area contributed by atoms with Crippen molar-refractivity contribution >= 4 is 17.4 Å². The molecule has 0 spiro atoms. The van der Waals surface area contributed by atoms with Crippen LogP contribution in [0.15, 0.2) is 48.8 Å². The molecule has 3 aromatic rings. The second-order valence-electron chi connectivity index (χ2n) is 6.99. The number of nitrogens with zero attached hydrogens (tertiary/aromatic N) is 5. The van der Waals surface area contributed by atoms with Crippen LogP contribution in [0.4, 0.5) is 5.82 Å². The Balaban J connectivity index is 1.29. The number of aromatic nitrogens is 4. The number of benzene rings is 1. The lowest BCUT2D eigenvalue weighted by Crippen LogP contribution is -2.43. The summed E-state index contributed by atoms with van der Waals surface area (Å²) in [5.41, 5.74) is 2.04. The molecule has 1 aliphatic heterocycles. The third kappa shape index (κ3) is 4.24. The molecule has 3 heterocycles. The van der Waals surface area contributed by atoms with Gasteiger partial charge in [0.1, 0.15) is 12.1 Å². The predicted molar refractivity (Wildman–Crippen MR) is 103 cm³/mol. The summed E-state index contributed by atoms with van der Waals surface area (Å²) >= 11 is 0. The van der Waals surface area contributed by atoms with E-state index in [0.29, 0.717) is 6.54 Å². The SMILES string of the molecule is O=C(NCCCc1ccccc1)C1CCCN(c2ccc3nncn3n2)C1. The van der Waals surface area contributed by atoms with Gasteiger partial charge in [-0.15, -0.1) is 15.3 Å². The Morgan fingerprint density at radius 1 is 1.19 bits per heavy atom. The molecular formula is C20H24N6O. The Morgan fingerprint density at radius 2 is 2.07 bits per heavy atom. The molecule has 4 rings (SSSR count). The fraction of sp³-hybridized carbons (Fsp3) is 0.400. The fourth-order valence-corrected chi connectivity index (χ4v) is 3.58. The van der Waals surface area contributed by atoms with Gasteiger partial charge in [-0.05, 0) is 43.4 Å². The molecule has 7 heteroatoms.